The quantitative estimate of drug-likeness (QED) is 0.115. The number of nitrogens with zero attached hydrogens (tertiary/aromatic N) is 2. The van der Waals surface area contributed by atoms with E-state index in [0.29, 0.717) is 25.5 Å². The van der Waals surface area contributed by atoms with E-state index in [9.17, 15) is 4.79 Å². The van der Waals surface area contributed by atoms with Crippen LogP contribution in [0, 0.1) is 0 Å². The summed E-state index contributed by atoms with van der Waals surface area (Å²) in [5, 5.41) is 6.11. The maximum absolute atomic E-state index is 12.9. The SMILES string of the molecule is C=C(/C=N\C)c1cccc(-c2nc(C(=O)OCC)cc3c2[C@@H](CCO[Si](c2ccccc2)(c2ccccc2)C(C)(C)C)NC3)c1. The van der Waals surface area contributed by atoms with Crippen LogP contribution in [0.25, 0.3) is 16.8 Å². The first kappa shape index (κ1) is 32.2. The molecule has 0 aliphatic carbocycles. The van der Waals surface area contributed by atoms with Crippen molar-refractivity contribution in [3.05, 3.63) is 120 Å². The summed E-state index contributed by atoms with van der Waals surface area (Å²) in [5.74, 6) is -0.418. The number of aromatic nitrogens is 1. The second-order valence-corrected chi connectivity index (χ2v) is 16.7. The molecule has 2 heterocycles. The number of hydrogen-bond acceptors (Lipinski definition) is 6. The number of pyridine rings is 1. The first-order chi connectivity index (χ1) is 21.7. The molecular formula is C38H43N3O3Si. The van der Waals surface area contributed by atoms with Crippen LogP contribution < -0.4 is 15.7 Å². The minimum atomic E-state index is -2.68. The molecule has 5 rings (SSSR count). The lowest BCUT2D eigenvalue weighted by molar-refractivity contribution is 0.0519. The van der Waals surface area contributed by atoms with Gasteiger partial charge in [0.1, 0.15) is 5.69 Å². The zero-order chi connectivity index (χ0) is 32.0. The summed E-state index contributed by atoms with van der Waals surface area (Å²) in [4.78, 5) is 21.9. The van der Waals surface area contributed by atoms with Crippen molar-refractivity contribution in [2.75, 3.05) is 20.3 Å². The molecule has 4 aromatic rings. The lowest BCUT2D eigenvalue weighted by Crippen LogP contribution is -2.66. The molecule has 1 atom stereocenters. The molecule has 0 unspecified atom stereocenters. The van der Waals surface area contributed by atoms with Crippen molar-refractivity contribution >= 4 is 36.4 Å². The van der Waals surface area contributed by atoms with Crippen molar-refractivity contribution in [2.45, 2.75) is 51.7 Å². The standard InChI is InChI=1S/C38H43N3O3Si/c1-7-43-37(42)34-24-30-26-40-33(35(30)36(41-34)29-16-14-15-28(23-29)27(2)25-39-6)21-22-44-45(38(3,4)5,31-17-10-8-11-18-31)32-19-12-9-13-20-32/h8-20,23-25,33,40H,2,7,21-22,26H2,1,3-6H3/b39-25-/t33-/m1/s1. The molecule has 45 heavy (non-hydrogen) atoms. The molecule has 0 amide bonds. The summed E-state index contributed by atoms with van der Waals surface area (Å²) in [6.45, 7) is 14.4. The van der Waals surface area contributed by atoms with Crippen LogP contribution in [0.4, 0.5) is 0 Å². The fourth-order valence-corrected chi connectivity index (χ4v) is 11.0. The number of fused-ring (bicyclic) bond motifs is 1. The minimum absolute atomic E-state index is 0.000947. The maximum Gasteiger partial charge on any atom is 0.356 e. The highest BCUT2D eigenvalue weighted by Gasteiger charge is 2.50. The smallest absolute Gasteiger partial charge is 0.356 e. The van der Waals surface area contributed by atoms with Gasteiger partial charge in [0.05, 0.1) is 12.3 Å². The van der Waals surface area contributed by atoms with Gasteiger partial charge in [0, 0.05) is 38.0 Å². The zero-order valence-electron chi connectivity index (χ0n) is 27.0. The van der Waals surface area contributed by atoms with Gasteiger partial charge < -0.3 is 14.5 Å². The number of aliphatic imine (C=N–C) groups is 1. The molecule has 0 saturated heterocycles. The predicted molar refractivity (Wildman–Crippen MR) is 187 cm³/mol. The highest BCUT2D eigenvalue weighted by Crippen LogP contribution is 2.39. The molecule has 0 radical (unpaired) electrons. The highest BCUT2D eigenvalue weighted by atomic mass is 28.4. The molecule has 7 heteroatoms. The van der Waals surface area contributed by atoms with Crippen molar-refractivity contribution in [1.29, 1.82) is 0 Å². The molecule has 0 spiro atoms. The second-order valence-electron chi connectivity index (χ2n) is 12.4. The van der Waals surface area contributed by atoms with Crippen LogP contribution in [0.3, 0.4) is 0 Å². The molecule has 6 nitrogen and oxygen atoms in total. The largest absolute Gasteiger partial charge is 0.461 e. The Morgan fingerprint density at radius 2 is 1.69 bits per heavy atom. The van der Waals surface area contributed by atoms with Crippen molar-refractivity contribution in [2.24, 2.45) is 4.99 Å². The number of carbonyl (C=O) groups excluding carboxylic acids is 1. The van der Waals surface area contributed by atoms with Crippen molar-refractivity contribution in [3.63, 3.8) is 0 Å². The Balaban J connectivity index is 1.52. The van der Waals surface area contributed by atoms with Gasteiger partial charge in [-0.1, -0.05) is 106 Å². The van der Waals surface area contributed by atoms with Crippen LogP contribution in [0.2, 0.25) is 5.04 Å². The maximum atomic E-state index is 12.9. The Morgan fingerprint density at radius 1 is 1.02 bits per heavy atom. The topological polar surface area (TPSA) is 72.8 Å². The Labute approximate surface area is 268 Å². The third kappa shape index (κ3) is 6.61. The van der Waals surface area contributed by atoms with E-state index in [1.54, 1.807) is 20.2 Å². The molecule has 3 aromatic carbocycles. The van der Waals surface area contributed by atoms with Crippen LogP contribution in [-0.4, -0.2) is 45.7 Å². The normalized spacial score (nSPS) is 14.8. The van der Waals surface area contributed by atoms with E-state index in [0.717, 1.165) is 39.9 Å². The second kappa shape index (κ2) is 13.9. The Hall–Kier alpha value is -4.17. The van der Waals surface area contributed by atoms with Gasteiger partial charge in [-0.15, -0.1) is 0 Å². The van der Waals surface area contributed by atoms with Gasteiger partial charge in [-0.2, -0.15) is 0 Å². The molecule has 1 aliphatic heterocycles. The Kier molecular flexibility index (Phi) is 9.92. The van der Waals surface area contributed by atoms with Crippen molar-refractivity contribution in [3.8, 4) is 11.3 Å². The first-order valence-corrected chi connectivity index (χ1v) is 17.5. The summed E-state index contributed by atoms with van der Waals surface area (Å²) < 4.78 is 12.6. The van der Waals surface area contributed by atoms with Gasteiger partial charge in [0.2, 0.25) is 0 Å². The summed E-state index contributed by atoms with van der Waals surface area (Å²) in [6.07, 6.45) is 2.50. The molecule has 0 bridgehead atoms. The van der Waals surface area contributed by atoms with E-state index in [1.807, 2.05) is 24.3 Å². The van der Waals surface area contributed by atoms with Crippen LogP contribution >= 0.6 is 0 Å². The summed E-state index contributed by atoms with van der Waals surface area (Å²) >= 11 is 0. The monoisotopic (exact) mass is 617 g/mol. The van der Waals surface area contributed by atoms with Gasteiger partial charge in [-0.25, -0.2) is 9.78 Å². The first-order valence-electron chi connectivity index (χ1n) is 15.6. The van der Waals surface area contributed by atoms with Crippen molar-refractivity contribution < 1.29 is 14.0 Å². The number of hydrogen-bond donors (Lipinski definition) is 1. The number of rotatable bonds is 11. The Morgan fingerprint density at radius 3 is 2.29 bits per heavy atom. The number of benzene rings is 3. The zero-order valence-corrected chi connectivity index (χ0v) is 28.0. The summed E-state index contributed by atoms with van der Waals surface area (Å²) in [7, 11) is -0.945. The molecule has 0 fully saturated rings. The van der Waals surface area contributed by atoms with Crippen LogP contribution in [-0.2, 0) is 15.7 Å². The molecular weight excluding hydrogens is 575 g/mol. The minimum Gasteiger partial charge on any atom is -0.461 e. The molecule has 232 valence electrons. The van der Waals surface area contributed by atoms with E-state index >= 15 is 0 Å². The summed E-state index contributed by atoms with van der Waals surface area (Å²) in [5.41, 5.74) is 5.93. The Bertz CT molecular complexity index is 1640. The molecule has 1 aliphatic rings. The van der Waals surface area contributed by atoms with Gasteiger partial charge in [-0.3, -0.25) is 4.99 Å². The van der Waals surface area contributed by atoms with Gasteiger partial charge in [0.25, 0.3) is 8.32 Å². The highest BCUT2D eigenvalue weighted by molar-refractivity contribution is 6.99. The molecule has 1 N–H and O–H groups in total. The molecule has 0 saturated carbocycles. The average molecular weight is 618 g/mol. The van der Waals surface area contributed by atoms with Crippen molar-refractivity contribution in [1.82, 2.24) is 10.3 Å². The number of carbonyl (C=O) groups is 1. The van der Waals surface area contributed by atoms with E-state index in [1.165, 1.54) is 10.4 Å². The fourth-order valence-electron chi connectivity index (χ4n) is 6.44. The fraction of sp³-hybridized carbons (Fsp3) is 0.289. The van der Waals surface area contributed by atoms with E-state index in [-0.39, 0.29) is 11.1 Å². The predicted octanol–water partition coefficient (Wildman–Crippen LogP) is 6.75. The third-order valence-electron chi connectivity index (χ3n) is 8.45. The number of esters is 1. The van der Waals surface area contributed by atoms with Crippen LogP contribution in [0.1, 0.15) is 67.3 Å². The van der Waals surface area contributed by atoms with E-state index < -0.39 is 14.3 Å². The van der Waals surface area contributed by atoms with Gasteiger partial charge >= 0.3 is 5.97 Å². The lowest BCUT2D eigenvalue weighted by atomic mass is 9.94. The number of nitrogens with one attached hydrogen (secondary N) is 1. The molecule has 1 aromatic heterocycles. The van der Waals surface area contributed by atoms with Crippen LogP contribution in [0.15, 0.2) is 103 Å². The summed E-state index contributed by atoms with van der Waals surface area (Å²) in [6, 6.07) is 31.4. The number of allylic oxidation sites excluding steroid dienone is 1. The van der Waals surface area contributed by atoms with E-state index in [2.05, 4.69) is 104 Å². The average Bonchev–Trinajstić information content (AvgIpc) is 3.46. The van der Waals surface area contributed by atoms with E-state index in [4.69, 9.17) is 14.1 Å². The lowest BCUT2D eigenvalue weighted by Gasteiger charge is -2.43. The third-order valence-corrected chi connectivity index (χ3v) is 13.5. The van der Waals surface area contributed by atoms with Gasteiger partial charge in [-0.05, 0) is 63.2 Å². The van der Waals surface area contributed by atoms with Crippen LogP contribution in [0.5, 0.6) is 0 Å². The van der Waals surface area contributed by atoms with Gasteiger partial charge in [0.15, 0.2) is 0 Å². The number of ether oxygens (including phenoxy) is 1.